The minimum absolute atomic E-state index is 0.0375. The zero-order valence-electron chi connectivity index (χ0n) is 26.6. The maximum Gasteiger partial charge on any atom is 0.257 e. The van der Waals surface area contributed by atoms with E-state index in [1.54, 1.807) is 16.7 Å². The number of aliphatic hydroxyl groups is 1. The molecule has 0 bridgehead atoms. The summed E-state index contributed by atoms with van der Waals surface area (Å²) in [5.41, 5.74) is 3.10. The minimum atomic E-state index is -0.679. The number of carbonyl (C=O) groups is 1. The first kappa shape index (κ1) is 31.3. The van der Waals surface area contributed by atoms with Gasteiger partial charge < -0.3 is 19.8 Å². The van der Waals surface area contributed by atoms with Gasteiger partial charge in [0.2, 0.25) is 0 Å². The number of aryl methyl sites for hydroxylation is 1. The smallest absolute Gasteiger partial charge is 0.257 e. The highest BCUT2D eigenvalue weighted by Gasteiger charge is 2.29. The highest BCUT2D eigenvalue weighted by Crippen LogP contribution is 2.29. The van der Waals surface area contributed by atoms with Crippen LogP contribution >= 0.6 is 0 Å². The molecule has 1 unspecified atom stereocenters. The Hall–Kier alpha value is -4.36. The van der Waals surface area contributed by atoms with E-state index in [1.807, 2.05) is 11.8 Å². The number of nitrogens with zero attached hydrogens (tertiary/aromatic N) is 7. The van der Waals surface area contributed by atoms with Gasteiger partial charge in [-0.25, -0.2) is 13.8 Å². The maximum absolute atomic E-state index is 14.5. The van der Waals surface area contributed by atoms with E-state index < -0.39 is 6.10 Å². The standard InChI is InChI=1S/C34H40F2N8O3/c1-22-25(34(47)44-11-3-5-30(45)32(44)37-22)4-2-10-40-12-14-43(15-13-40)33(46)27-9-7-24(36)21-29(27)41-16-18-42(19-17-41)31-26-8-6-23(35)20-28(26)38-39-31/h6-9,20-21,30,45H,2-5,10-19H2,1H3,(H,38,39). The Morgan fingerprint density at radius 2 is 1.68 bits per heavy atom. The van der Waals surface area contributed by atoms with Gasteiger partial charge in [-0.1, -0.05) is 0 Å². The summed E-state index contributed by atoms with van der Waals surface area (Å²) in [4.78, 5) is 39.8. The Labute approximate surface area is 271 Å². The molecule has 3 aliphatic heterocycles. The Bertz CT molecular complexity index is 1840. The molecule has 2 saturated heterocycles. The first-order valence-corrected chi connectivity index (χ1v) is 16.5. The fraction of sp³-hybridized carbons (Fsp3) is 0.471. The van der Waals surface area contributed by atoms with Crippen molar-refractivity contribution in [3.05, 3.63) is 81.0 Å². The van der Waals surface area contributed by atoms with Gasteiger partial charge in [0.05, 0.1) is 16.8 Å². The monoisotopic (exact) mass is 646 g/mol. The number of hydrogen-bond donors (Lipinski definition) is 2. The normalized spacial score (nSPS) is 19.0. The molecule has 5 heterocycles. The number of anilines is 2. The van der Waals surface area contributed by atoms with Gasteiger partial charge in [0.25, 0.3) is 11.5 Å². The first-order valence-electron chi connectivity index (χ1n) is 16.5. The molecule has 0 aliphatic carbocycles. The quantitative estimate of drug-likeness (QED) is 0.315. The summed E-state index contributed by atoms with van der Waals surface area (Å²) in [5, 5.41) is 18.4. The van der Waals surface area contributed by atoms with Gasteiger partial charge >= 0.3 is 0 Å². The van der Waals surface area contributed by atoms with Gasteiger partial charge in [0.15, 0.2) is 5.82 Å². The fourth-order valence-electron chi connectivity index (χ4n) is 7.20. The van der Waals surface area contributed by atoms with E-state index in [4.69, 9.17) is 0 Å². The van der Waals surface area contributed by atoms with Crippen molar-refractivity contribution in [3.63, 3.8) is 0 Å². The molecule has 248 valence electrons. The summed E-state index contributed by atoms with van der Waals surface area (Å²) in [6.45, 7) is 8.21. The number of benzene rings is 2. The molecular formula is C34H40F2N8O3. The predicted octanol–water partition coefficient (Wildman–Crippen LogP) is 3.25. The number of amides is 1. The average Bonchev–Trinajstić information content (AvgIpc) is 3.50. The minimum Gasteiger partial charge on any atom is -0.385 e. The van der Waals surface area contributed by atoms with Crippen LogP contribution in [-0.4, -0.2) is 99.5 Å². The topological polar surface area (TPSA) is 114 Å². The molecule has 0 spiro atoms. The average molecular weight is 647 g/mol. The number of fused-ring (bicyclic) bond motifs is 2. The van der Waals surface area contributed by atoms with Crippen LogP contribution in [0.25, 0.3) is 10.9 Å². The largest absolute Gasteiger partial charge is 0.385 e. The van der Waals surface area contributed by atoms with Gasteiger partial charge in [-0.3, -0.25) is 24.2 Å². The number of aliphatic hydroxyl groups excluding tert-OH is 1. The van der Waals surface area contributed by atoms with Crippen molar-refractivity contribution >= 4 is 28.3 Å². The highest BCUT2D eigenvalue weighted by molar-refractivity contribution is 6.00. The molecule has 11 nitrogen and oxygen atoms in total. The summed E-state index contributed by atoms with van der Waals surface area (Å²) in [7, 11) is 0. The van der Waals surface area contributed by atoms with Crippen molar-refractivity contribution in [1.29, 1.82) is 0 Å². The third kappa shape index (κ3) is 6.21. The van der Waals surface area contributed by atoms with E-state index in [-0.39, 0.29) is 23.1 Å². The van der Waals surface area contributed by atoms with Gasteiger partial charge in [0.1, 0.15) is 23.6 Å². The molecule has 2 fully saturated rings. The number of aromatic amines is 1. The van der Waals surface area contributed by atoms with E-state index in [2.05, 4.69) is 29.9 Å². The molecule has 0 radical (unpaired) electrons. The SMILES string of the molecule is Cc1nc2n(c(=O)c1CCCN1CCN(C(=O)c3ccc(F)cc3N3CCN(c4n[nH]c5cc(F)ccc45)CC3)CC1)CCCC2O. The summed E-state index contributed by atoms with van der Waals surface area (Å²) < 4.78 is 29.8. The summed E-state index contributed by atoms with van der Waals surface area (Å²) in [5.74, 6) is 0.431. The molecule has 2 aromatic heterocycles. The van der Waals surface area contributed by atoms with Crippen LogP contribution in [-0.2, 0) is 13.0 Å². The zero-order valence-corrected chi connectivity index (χ0v) is 26.6. The molecule has 4 aromatic rings. The van der Waals surface area contributed by atoms with Crippen molar-refractivity contribution in [1.82, 2.24) is 29.5 Å². The molecule has 7 rings (SSSR count). The van der Waals surface area contributed by atoms with E-state index >= 15 is 0 Å². The molecule has 1 atom stereocenters. The predicted molar refractivity (Wildman–Crippen MR) is 175 cm³/mol. The third-order valence-electron chi connectivity index (χ3n) is 9.83. The number of halogens is 2. The molecule has 0 saturated carbocycles. The lowest BCUT2D eigenvalue weighted by Crippen LogP contribution is -2.50. The fourth-order valence-corrected chi connectivity index (χ4v) is 7.20. The highest BCUT2D eigenvalue weighted by atomic mass is 19.1. The first-order chi connectivity index (χ1) is 22.8. The van der Waals surface area contributed by atoms with Crippen LogP contribution in [0.2, 0.25) is 0 Å². The van der Waals surface area contributed by atoms with Crippen molar-refractivity contribution in [2.75, 3.05) is 68.7 Å². The number of H-pyrrole nitrogens is 1. The van der Waals surface area contributed by atoms with Crippen LogP contribution in [0.5, 0.6) is 0 Å². The summed E-state index contributed by atoms with van der Waals surface area (Å²) in [6, 6.07) is 8.96. The summed E-state index contributed by atoms with van der Waals surface area (Å²) >= 11 is 0. The van der Waals surface area contributed by atoms with Crippen LogP contribution in [0.4, 0.5) is 20.3 Å². The number of rotatable bonds is 7. The van der Waals surface area contributed by atoms with Gasteiger partial charge in [-0.2, -0.15) is 5.10 Å². The van der Waals surface area contributed by atoms with Crippen LogP contribution in [0.3, 0.4) is 0 Å². The van der Waals surface area contributed by atoms with Gasteiger partial charge in [-0.15, -0.1) is 0 Å². The second kappa shape index (κ2) is 13.0. The molecule has 2 N–H and O–H groups in total. The summed E-state index contributed by atoms with van der Waals surface area (Å²) in [6.07, 6.45) is 2.14. The van der Waals surface area contributed by atoms with Crippen LogP contribution in [0.15, 0.2) is 41.2 Å². The van der Waals surface area contributed by atoms with E-state index in [9.17, 15) is 23.5 Å². The second-order valence-corrected chi connectivity index (χ2v) is 12.8. The van der Waals surface area contributed by atoms with Crippen molar-refractivity contribution in [2.45, 2.75) is 45.3 Å². The Morgan fingerprint density at radius 1 is 0.957 bits per heavy atom. The Balaban J connectivity index is 0.947. The van der Waals surface area contributed by atoms with E-state index in [0.717, 1.165) is 49.2 Å². The number of nitrogens with one attached hydrogen (secondary N) is 1. The van der Waals surface area contributed by atoms with Crippen molar-refractivity contribution < 1.29 is 18.7 Å². The molecule has 13 heteroatoms. The van der Waals surface area contributed by atoms with Crippen molar-refractivity contribution in [3.8, 4) is 0 Å². The second-order valence-electron chi connectivity index (χ2n) is 12.8. The lowest BCUT2D eigenvalue weighted by molar-refractivity contribution is 0.0636. The lowest BCUT2D eigenvalue weighted by Gasteiger charge is -2.38. The molecule has 47 heavy (non-hydrogen) atoms. The van der Waals surface area contributed by atoms with E-state index in [1.165, 1.54) is 24.3 Å². The van der Waals surface area contributed by atoms with E-state index in [0.29, 0.717) is 86.9 Å². The maximum atomic E-state index is 14.5. The molecular weight excluding hydrogens is 606 g/mol. The Morgan fingerprint density at radius 3 is 2.47 bits per heavy atom. The molecule has 3 aliphatic rings. The molecule has 1 amide bonds. The Kier molecular flexibility index (Phi) is 8.67. The number of hydrogen-bond acceptors (Lipinski definition) is 8. The van der Waals surface area contributed by atoms with Crippen LogP contribution < -0.4 is 15.4 Å². The van der Waals surface area contributed by atoms with Crippen molar-refractivity contribution in [2.24, 2.45) is 0 Å². The van der Waals surface area contributed by atoms with Crippen LogP contribution in [0, 0.1) is 18.6 Å². The number of aromatic nitrogens is 4. The van der Waals surface area contributed by atoms with Crippen LogP contribution in [0.1, 0.15) is 52.8 Å². The zero-order chi connectivity index (χ0) is 32.7. The van der Waals surface area contributed by atoms with Gasteiger partial charge in [-0.05, 0) is 75.5 Å². The number of piperazine rings is 2. The number of carbonyl (C=O) groups excluding carboxylic acids is 1. The third-order valence-corrected chi connectivity index (χ3v) is 9.83. The van der Waals surface area contributed by atoms with Gasteiger partial charge in [0, 0.05) is 75.5 Å². The lowest BCUT2D eigenvalue weighted by atomic mass is 10.1. The molecule has 2 aromatic carbocycles.